The molecule has 2 aliphatic heterocycles. The van der Waals surface area contributed by atoms with Crippen molar-refractivity contribution in [1.82, 2.24) is 19.6 Å². The van der Waals surface area contributed by atoms with E-state index in [1.165, 1.54) is 17.7 Å². The molecule has 8 heteroatoms. The monoisotopic (exact) mass is 444 g/mol. The molecular weight excluding hydrogens is 415 g/mol. The van der Waals surface area contributed by atoms with Crippen molar-refractivity contribution in [2.75, 3.05) is 58.9 Å². The second kappa shape index (κ2) is 10.3. The van der Waals surface area contributed by atoms with Crippen LogP contribution in [0.1, 0.15) is 22.3 Å². The first-order chi connectivity index (χ1) is 15.1. The van der Waals surface area contributed by atoms with Gasteiger partial charge in [-0.15, -0.1) is 0 Å². The topological polar surface area (TPSA) is 47.1 Å². The molecule has 1 aromatic heterocycles. The zero-order chi connectivity index (χ0) is 21.6. The van der Waals surface area contributed by atoms with Crippen LogP contribution < -0.4 is 0 Å². The number of hydrogen-bond acceptors (Lipinski definition) is 5. The van der Waals surface area contributed by atoms with Gasteiger partial charge in [0.15, 0.2) is 0 Å². The lowest BCUT2D eigenvalue weighted by atomic mass is 10.2. The molecule has 0 N–H and O–H groups in total. The number of benzene rings is 1. The Morgan fingerprint density at radius 3 is 2.42 bits per heavy atom. The number of piperazine rings is 1. The molecular formula is C23H29FN4O2S. The van der Waals surface area contributed by atoms with Crippen molar-refractivity contribution in [3.63, 3.8) is 0 Å². The Hall–Kier alpha value is -2.29. The Morgan fingerprint density at radius 2 is 1.68 bits per heavy atom. The Balaban J connectivity index is 1.23. The lowest BCUT2D eigenvalue weighted by Gasteiger charge is -2.35. The summed E-state index contributed by atoms with van der Waals surface area (Å²) in [5.74, 6) is -0.377. The van der Waals surface area contributed by atoms with E-state index in [1.54, 1.807) is 28.4 Å². The normalized spacial score (nSPS) is 18.7. The number of halogens is 1. The number of hydrogen-bond donors (Lipinski definition) is 0. The summed E-state index contributed by atoms with van der Waals surface area (Å²) in [6, 6.07) is 7.99. The van der Waals surface area contributed by atoms with E-state index in [0.29, 0.717) is 31.7 Å². The lowest BCUT2D eigenvalue weighted by molar-refractivity contribution is -0.134. The predicted octanol–water partition coefficient (Wildman–Crippen LogP) is 2.38. The van der Waals surface area contributed by atoms with Gasteiger partial charge in [0.1, 0.15) is 5.82 Å². The lowest BCUT2D eigenvalue weighted by Crippen LogP contribution is -2.51. The molecule has 0 unspecified atom stereocenters. The summed E-state index contributed by atoms with van der Waals surface area (Å²) in [5, 5.41) is 4.28. The average Bonchev–Trinajstić information content (AvgIpc) is 3.18. The molecule has 0 spiro atoms. The maximum absolute atomic E-state index is 13.5. The highest BCUT2D eigenvalue weighted by Crippen LogP contribution is 2.13. The van der Waals surface area contributed by atoms with E-state index >= 15 is 0 Å². The molecule has 0 atom stereocenters. The van der Waals surface area contributed by atoms with Gasteiger partial charge in [0.25, 0.3) is 5.91 Å². The van der Waals surface area contributed by atoms with Gasteiger partial charge >= 0.3 is 0 Å². The first-order valence-electron chi connectivity index (χ1n) is 10.9. The zero-order valence-electron chi connectivity index (χ0n) is 17.7. The smallest absolute Gasteiger partial charge is 0.254 e. The number of nitrogens with zero attached hydrogens (tertiary/aromatic N) is 4. The minimum absolute atomic E-state index is 0.144. The first kappa shape index (κ1) is 21.9. The van der Waals surface area contributed by atoms with Crippen LogP contribution in [0.15, 0.2) is 41.1 Å². The van der Waals surface area contributed by atoms with Crippen molar-refractivity contribution < 1.29 is 14.0 Å². The predicted molar refractivity (Wildman–Crippen MR) is 120 cm³/mol. The third-order valence-corrected chi connectivity index (χ3v) is 6.75. The first-order valence-corrected chi connectivity index (χ1v) is 11.8. The van der Waals surface area contributed by atoms with Gasteiger partial charge in [0.05, 0.1) is 6.54 Å². The SMILES string of the molecule is O=C(CN1CCCN(C(=O)c2cccc(F)c2)CC1)N1CCN(Cc2ccsc2)CC1. The van der Waals surface area contributed by atoms with Crippen molar-refractivity contribution in [2.45, 2.75) is 13.0 Å². The molecule has 31 heavy (non-hydrogen) atoms. The molecule has 2 fully saturated rings. The van der Waals surface area contributed by atoms with Crippen LogP contribution in [0.25, 0.3) is 0 Å². The summed E-state index contributed by atoms with van der Waals surface area (Å²) in [4.78, 5) is 33.8. The number of carbonyl (C=O) groups is 2. The van der Waals surface area contributed by atoms with Crippen LogP contribution in [0.3, 0.4) is 0 Å². The van der Waals surface area contributed by atoms with Gasteiger partial charge < -0.3 is 9.80 Å². The molecule has 2 saturated heterocycles. The largest absolute Gasteiger partial charge is 0.339 e. The highest BCUT2D eigenvalue weighted by atomic mass is 32.1. The molecule has 0 saturated carbocycles. The fraction of sp³-hybridized carbons (Fsp3) is 0.478. The van der Waals surface area contributed by atoms with Gasteiger partial charge in [-0.2, -0.15) is 11.3 Å². The molecule has 2 aromatic rings. The summed E-state index contributed by atoms with van der Waals surface area (Å²) in [6.07, 6.45) is 0.808. The fourth-order valence-electron chi connectivity index (χ4n) is 4.22. The number of thiophene rings is 1. The van der Waals surface area contributed by atoms with Crippen LogP contribution in [0.5, 0.6) is 0 Å². The molecule has 166 valence electrons. The molecule has 1 aromatic carbocycles. The number of carbonyl (C=O) groups excluding carboxylic acids is 2. The van der Waals surface area contributed by atoms with Crippen LogP contribution in [-0.4, -0.2) is 90.3 Å². The fourth-order valence-corrected chi connectivity index (χ4v) is 4.88. The minimum Gasteiger partial charge on any atom is -0.339 e. The second-order valence-corrected chi connectivity index (χ2v) is 9.00. The summed E-state index contributed by atoms with van der Waals surface area (Å²) >= 11 is 1.72. The van der Waals surface area contributed by atoms with E-state index in [1.807, 2.05) is 4.90 Å². The molecule has 3 heterocycles. The van der Waals surface area contributed by atoms with E-state index in [-0.39, 0.29) is 11.8 Å². The van der Waals surface area contributed by atoms with Gasteiger partial charge in [-0.25, -0.2) is 4.39 Å². The third-order valence-electron chi connectivity index (χ3n) is 6.02. The minimum atomic E-state index is -0.400. The van der Waals surface area contributed by atoms with Crippen LogP contribution in [0.4, 0.5) is 4.39 Å². The van der Waals surface area contributed by atoms with Crippen LogP contribution in [-0.2, 0) is 11.3 Å². The van der Waals surface area contributed by atoms with Crippen molar-refractivity contribution in [2.24, 2.45) is 0 Å². The Morgan fingerprint density at radius 1 is 0.903 bits per heavy atom. The Labute approximate surface area is 186 Å². The average molecular weight is 445 g/mol. The molecule has 0 radical (unpaired) electrons. The molecule has 0 bridgehead atoms. The van der Waals surface area contributed by atoms with Crippen LogP contribution in [0, 0.1) is 5.82 Å². The quantitative estimate of drug-likeness (QED) is 0.711. The van der Waals surface area contributed by atoms with Gasteiger partial charge in [0, 0.05) is 64.5 Å². The van der Waals surface area contributed by atoms with E-state index in [2.05, 4.69) is 26.6 Å². The number of rotatable bonds is 5. The highest BCUT2D eigenvalue weighted by Gasteiger charge is 2.25. The van der Waals surface area contributed by atoms with E-state index in [4.69, 9.17) is 0 Å². The summed E-state index contributed by atoms with van der Waals surface area (Å²) in [7, 11) is 0. The summed E-state index contributed by atoms with van der Waals surface area (Å²) < 4.78 is 13.5. The standard InChI is InChI=1S/C23H29FN4O2S/c24-21-4-1-3-20(15-21)23(30)28-7-2-6-25(10-13-28)17-22(29)27-11-8-26(9-12-27)16-19-5-14-31-18-19/h1,3-5,14-15,18H,2,6-13,16-17H2. The van der Waals surface area contributed by atoms with Crippen LogP contribution >= 0.6 is 11.3 Å². The molecule has 4 rings (SSSR count). The van der Waals surface area contributed by atoms with Gasteiger partial charge in [-0.3, -0.25) is 19.4 Å². The van der Waals surface area contributed by atoms with Gasteiger partial charge in [-0.05, 0) is 47.0 Å². The molecule has 0 aliphatic carbocycles. The van der Waals surface area contributed by atoms with E-state index in [9.17, 15) is 14.0 Å². The van der Waals surface area contributed by atoms with Crippen LogP contribution in [0.2, 0.25) is 0 Å². The summed E-state index contributed by atoms with van der Waals surface area (Å²) in [5.41, 5.74) is 1.72. The van der Waals surface area contributed by atoms with Crippen molar-refractivity contribution in [3.05, 3.63) is 58.0 Å². The zero-order valence-corrected chi connectivity index (χ0v) is 18.5. The molecule has 6 nitrogen and oxygen atoms in total. The molecule has 2 aliphatic rings. The maximum atomic E-state index is 13.5. The van der Waals surface area contributed by atoms with E-state index in [0.717, 1.165) is 45.7 Å². The molecule has 2 amide bonds. The highest BCUT2D eigenvalue weighted by molar-refractivity contribution is 7.07. The van der Waals surface area contributed by atoms with Gasteiger partial charge in [0.2, 0.25) is 5.91 Å². The summed E-state index contributed by atoms with van der Waals surface area (Å²) in [6.45, 7) is 7.30. The maximum Gasteiger partial charge on any atom is 0.254 e. The third kappa shape index (κ3) is 5.90. The van der Waals surface area contributed by atoms with Crippen molar-refractivity contribution >= 4 is 23.2 Å². The van der Waals surface area contributed by atoms with Gasteiger partial charge in [-0.1, -0.05) is 6.07 Å². The number of amides is 2. The van der Waals surface area contributed by atoms with Crippen molar-refractivity contribution in [1.29, 1.82) is 0 Å². The Kier molecular flexibility index (Phi) is 7.32. The van der Waals surface area contributed by atoms with E-state index < -0.39 is 5.82 Å². The Bertz CT molecular complexity index is 883. The van der Waals surface area contributed by atoms with Crippen molar-refractivity contribution in [3.8, 4) is 0 Å². The second-order valence-electron chi connectivity index (χ2n) is 8.22.